The van der Waals surface area contributed by atoms with Gasteiger partial charge in [-0.25, -0.2) is 0 Å². The van der Waals surface area contributed by atoms with Crippen molar-refractivity contribution in [2.75, 3.05) is 6.61 Å². The van der Waals surface area contributed by atoms with Crippen LogP contribution in [0, 0.1) is 6.92 Å². The third-order valence-corrected chi connectivity index (χ3v) is 3.81. The molecule has 1 aromatic carbocycles. The first kappa shape index (κ1) is 14.5. The predicted molar refractivity (Wildman–Crippen MR) is 84.6 cm³/mol. The Morgan fingerprint density at radius 2 is 1.95 bits per heavy atom. The lowest BCUT2D eigenvalue weighted by Crippen LogP contribution is -2.04. The molecule has 0 fully saturated rings. The van der Waals surface area contributed by atoms with Crippen LogP contribution < -0.4 is 0 Å². The first-order valence-electron chi connectivity index (χ1n) is 6.67. The lowest BCUT2D eigenvalue weighted by molar-refractivity contribution is -0.141. The second kappa shape index (κ2) is 7.06. The Labute approximate surface area is 123 Å². The second-order valence-corrected chi connectivity index (χ2v) is 5.79. The summed E-state index contributed by atoms with van der Waals surface area (Å²) >= 11 is 1.72. The zero-order chi connectivity index (χ0) is 14.4. The van der Waals surface area contributed by atoms with Crippen LogP contribution in [0.15, 0.2) is 42.5 Å². The van der Waals surface area contributed by atoms with Gasteiger partial charge < -0.3 is 4.74 Å². The summed E-state index contributed by atoms with van der Waals surface area (Å²) in [5.41, 5.74) is 2.05. The van der Waals surface area contributed by atoms with E-state index in [1.165, 1.54) is 4.88 Å². The molecule has 0 aliphatic rings. The van der Waals surface area contributed by atoms with Gasteiger partial charge in [-0.05, 0) is 43.2 Å². The van der Waals surface area contributed by atoms with Crippen molar-refractivity contribution < 1.29 is 9.53 Å². The van der Waals surface area contributed by atoms with E-state index in [0.29, 0.717) is 13.0 Å². The van der Waals surface area contributed by atoms with E-state index < -0.39 is 0 Å². The summed E-state index contributed by atoms with van der Waals surface area (Å²) in [5.74, 6) is -0.184. The number of ether oxygens (including phenoxy) is 1. The molecular weight excluding hydrogens is 268 g/mol. The zero-order valence-electron chi connectivity index (χ0n) is 11.8. The van der Waals surface area contributed by atoms with Crippen LogP contribution in [0.2, 0.25) is 0 Å². The van der Waals surface area contributed by atoms with E-state index in [2.05, 4.69) is 25.1 Å². The molecule has 0 saturated heterocycles. The van der Waals surface area contributed by atoms with E-state index in [0.717, 1.165) is 16.0 Å². The van der Waals surface area contributed by atoms with Crippen molar-refractivity contribution in [2.45, 2.75) is 20.3 Å². The highest BCUT2D eigenvalue weighted by Crippen LogP contribution is 2.25. The van der Waals surface area contributed by atoms with Crippen molar-refractivity contribution in [3.63, 3.8) is 0 Å². The molecule has 2 rings (SSSR count). The predicted octanol–water partition coefficient (Wildman–Crippen LogP) is 4.55. The van der Waals surface area contributed by atoms with Gasteiger partial charge in [0.25, 0.3) is 0 Å². The summed E-state index contributed by atoms with van der Waals surface area (Å²) in [6.07, 6.45) is 2.37. The van der Waals surface area contributed by atoms with Crippen LogP contribution in [0.25, 0.3) is 11.6 Å². The maximum Gasteiger partial charge on any atom is 0.310 e. The van der Waals surface area contributed by atoms with Crippen molar-refractivity contribution >= 4 is 29.0 Å². The second-order valence-electron chi connectivity index (χ2n) is 4.47. The number of benzene rings is 1. The molecule has 0 N–H and O–H groups in total. The van der Waals surface area contributed by atoms with Crippen LogP contribution >= 0.6 is 11.3 Å². The van der Waals surface area contributed by atoms with Crippen molar-refractivity contribution in [1.82, 2.24) is 0 Å². The highest BCUT2D eigenvalue weighted by molar-refractivity contribution is 7.12. The summed E-state index contributed by atoms with van der Waals surface area (Å²) in [6, 6.07) is 14.1. The Morgan fingerprint density at radius 1 is 1.20 bits per heavy atom. The van der Waals surface area contributed by atoms with Crippen molar-refractivity contribution in [1.29, 1.82) is 0 Å². The molecule has 0 bridgehead atoms. The molecule has 1 heterocycles. The Morgan fingerprint density at radius 3 is 2.55 bits per heavy atom. The molecule has 0 spiro atoms. The van der Waals surface area contributed by atoms with E-state index in [-0.39, 0.29) is 5.97 Å². The number of hydrogen-bond donors (Lipinski definition) is 0. The van der Waals surface area contributed by atoms with Crippen LogP contribution in [0.5, 0.6) is 0 Å². The molecule has 0 saturated carbocycles. The maximum absolute atomic E-state index is 11.8. The number of carbonyl (C=O) groups excluding carboxylic acids is 1. The van der Waals surface area contributed by atoms with Crippen LogP contribution in [0.4, 0.5) is 0 Å². The van der Waals surface area contributed by atoms with Crippen LogP contribution in [0.1, 0.15) is 28.7 Å². The largest absolute Gasteiger partial charge is 0.466 e. The molecule has 0 unspecified atom stereocenters. The smallest absolute Gasteiger partial charge is 0.310 e. The van der Waals surface area contributed by atoms with Crippen LogP contribution in [0.3, 0.4) is 0 Å². The monoisotopic (exact) mass is 286 g/mol. The van der Waals surface area contributed by atoms with Gasteiger partial charge in [0.15, 0.2) is 0 Å². The molecule has 104 valence electrons. The van der Waals surface area contributed by atoms with Gasteiger partial charge in [-0.1, -0.05) is 30.3 Å². The summed E-state index contributed by atoms with van der Waals surface area (Å²) in [6.45, 7) is 4.32. The van der Waals surface area contributed by atoms with Gasteiger partial charge in [-0.15, -0.1) is 11.3 Å². The molecule has 2 nitrogen and oxygen atoms in total. The molecular formula is C17H18O2S. The first-order valence-corrected chi connectivity index (χ1v) is 7.48. The minimum Gasteiger partial charge on any atom is -0.466 e. The highest BCUT2D eigenvalue weighted by atomic mass is 32.1. The minimum absolute atomic E-state index is 0.184. The Bertz CT molecular complexity index is 596. The van der Waals surface area contributed by atoms with E-state index in [4.69, 9.17) is 4.74 Å². The van der Waals surface area contributed by atoms with Gasteiger partial charge in [-0.2, -0.15) is 0 Å². The van der Waals surface area contributed by atoms with E-state index in [1.807, 2.05) is 37.3 Å². The van der Waals surface area contributed by atoms with Gasteiger partial charge in [0.2, 0.25) is 0 Å². The highest BCUT2D eigenvalue weighted by Gasteiger charge is 2.09. The van der Waals surface area contributed by atoms with Gasteiger partial charge in [-0.3, -0.25) is 4.79 Å². The van der Waals surface area contributed by atoms with Crippen molar-refractivity contribution in [3.05, 3.63) is 57.8 Å². The van der Waals surface area contributed by atoms with Gasteiger partial charge in [0, 0.05) is 9.75 Å². The van der Waals surface area contributed by atoms with E-state index in [1.54, 1.807) is 11.3 Å². The topological polar surface area (TPSA) is 26.3 Å². The van der Waals surface area contributed by atoms with E-state index in [9.17, 15) is 4.79 Å². The molecule has 20 heavy (non-hydrogen) atoms. The third-order valence-electron chi connectivity index (χ3n) is 2.86. The fourth-order valence-electron chi connectivity index (χ4n) is 1.96. The Balaban J connectivity index is 2.29. The standard InChI is InChI=1S/C17H18O2S/c1-3-19-17(18)12-15(14-7-5-4-6-8-14)11-16-10-9-13(2)20-16/h4-11H,3,12H2,1-2H3. The Hall–Kier alpha value is -1.87. The summed E-state index contributed by atoms with van der Waals surface area (Å²) in [4.78, 5) is 14.2. The van der Waals surface area contributed by atoms with Crippen molar-refractivity contribution in [3.8, 4) is 0 Å². The van der Waals surface area contributed by atoms with E-state index >= 15 is 0 Å². The van der Waals surface area contributed by atoms with Gasteiger partial charge in [0.1, 0.15) is 0 Å². The minimum atomic E-state index is -0.184. The van der Waals surface area contributed by atoms with Crippen LogP contribution in [-0.4, -0.2) is 12.6 Å². The molecule has 2 aromatic rings. The fourth-order valence-corrected chi connectivity index (χ4v) is 2.80. The molecule has 0 radical (unpaired) electrons. The molecule has 0 aliphatic heterocycles. The third kappa shape index (κ3) is 4.07. The maximum atomic E-state index is 11.8. The zero-order valence-corrected chi connectivity index (χ0v) is 12.6. The average Bonchev–Trinajstić information content (AvgIpc) is 2.85. The normalized spacial score (nSPS) is 11.4. The number of rotatable bonds is 5. The molecule has 1 aromatic heterocycles. The summed E-state index contributed by atoms with van der Waals surface area (Å²) in [5, 5.41) is 0. The number of carbonyl (C=O) groups is 1. The van der Waals surface area contributed by atoms with Crippen molar-refractivity contribution in [2.24, 2.45) is 0 Å². The SMILES string of the molecule is CCOC(=O)CC(=Cc1ccc(C)s1)c1ccccc1. The molecule has 3 heteroatoms. The summed E-state index contributed by atoms with van der Waals surface area (Å²) < 4.78 is 5.06. The molecule has 0 aliphatic carbocycles. The average molecular weight is 286 g/mol. The Kier molecular flexibility index (Phi) is 5.13. The number of esters is 1. The lowest BCUT2D eigenvalue weighted by atomic mass is 10.0. The fraction of sp³-hybridized carbons (Fsp3) is 0.235. The first-order chi connectivity index (χ1) is 9.69. The van der Waals surface area contributed by atoms with Gasteiger partial charge >= 0.3 is 5.97 Å². The molecule has 0 amide bonds. The summed E-state index contributed by atoms with van der Waals surface area (Å²) in [7, 11) is 0. The number of aryl methyl sites for hydroxylation is 1. The van der Waals surface area contributed by atoms with Crippen LogP contribution in [-0.2, 0) is 9.53 Å². The lowest BCUT2D eigenvalue weighted by Gasteiger charge is -2.07. The quantitative estimate of drug-likeness (QED) is 0.754. The molecule has 0 atom stereocenters. The number of thiophene rings is 1. The number of hydrogen-bond acceptors (Lipinski definition) is 3. The van der Waals surface area contributed by atoms with Gasteiger partial charge in [0.05, 0.1) is 13.0 Å².